The quantitative estimate of drug-likeness (QED) is 0.710. The van der Waals surface area contributed by atoms with Crippen LogP contribution in [0.25, 0.3) is 0 Å². The molecule has 2 N–H and O–H groups in total. The molecule has 4 nitrogen and oxygen atoms in total. The number of carbonyl (C=O) groups is 1. The van der Waals surface area contributed by atoms with Crippen molar-refractivity contribution in [2.24, 2.45) is 0 Å². The van der Waals surface area contributed by atoms with Crippen molar-refractivity contribution >= 4 is 29.3 Å². The van der Waals surface area contributed by atoms with Crippen LogP contribution in [0, 0.1) is 0 Å². The lowest BCUT2D eigenvalue weighted by molar-refractivity contribution is -0.118. The van der Waals surface area contributed by atoms with Crippen LogP contribution < -0.4 is 10.6 Å². The zero-order valence-electron chi connectivity index (χ0n) is 12.8. The Labute approximate surface area is 142 Å². The second-order valence-corrected chi connectivity index (χ2v) is 6.84. The Kier molecular flexibility index (Phi) is 8.08. The number of nitrogens with one attached hydrogen (secondary N) is 2. The van der Waals surface area contributed by atoms with Gasteiger partial charge in [0.25, 0.3) is 0 Å². The highest BCUT2D eigenvalue weighted by Crippen LogP contribution is 2.15. The molecular weight excluding hydrogens is 318 g/mol. The van der Waals surface area contributed by atoms with Gasteiger partial charge in [-0.05, 0) is 30.7 Å². The summed E-state index contributed by atoms with van der Waals surface area (Å²) in [4.78, 5) is 14.2. The summed E-state index contributed by atoms with van der Waals surface area (Å²) in [6.45, 7) is 6.22. The third-order valence-electron chi connectivity index (χ3n) is 3.60. The Balaban J connectivity index is 1.49. The first-order valence-electron chi connectivity index (χ1n) is 7.76. The van der Waals surface area contributed by atoms with Crippen LogP contribution in [0.5, 0.6) is 0 Å². The van der Waals surface area contributed by atoms with Crippen LogP contribution in [0.4, 0.5) is 0 Å². The molecule has 122 valence electrons. The minimum atomic E-state index is 0.124. The Bertz CT molecular complexity index is 449. The van der Waals surface area contributed by atoms with E-state index in [1.807, 2.05) is 24.3 Å². The van der Waals surface area contributed by atoms with E-state index in [-0.39, 0.29) is 5.91 Å². The van der Waals surface area contributed by atoms with Gasteiger partial charge < -0.3 is 15.5 Å². The lowest BCUT2D eigenvalue weighted by Gasteiger charge is -2.27. The molecule has 0 aromatic heterocycles. The number of amides is 1. The number of carbonyl (C=O) groups excluding carboxylic acids is 1. The molecule has 0 bridgehead atoms. The fourth-order valence-electron chi connectivity index (χ4n) is 2.36. The van der Waals surface area contributed by atoms with Gasteiger partial charge in [-0.3, -0.25) is 4.79 Å². The highest BCUT2D eigenvalue weighted by molar-refractivity contribution is 7.99. The summed E-state index contributed by atoms with van der Waals surface area (Å²) in [6, 6.07) is 7.77. The summed E-state index contributed by atoms with van der Waals surface area (Å²) in [5.41, 5.74) is 1.20. The molecule has 1 saturated heterocycles. The van der Waals surface area contributed by atoms with Crippen LogP contribution in [-0.2, 0) is 10.5 Å². The van der Waals surface area contributed by atoms with Gasteiger partial charge in [0.15, 0.2) is 0 Å². The molecule has 0 radical (unpaired) electrons. The summed E-state index contributed by atoms with van der Waals surface area (Å²) < 4.78 is 0. The zero-order chi connectivity index (χ0) is 15.6. The molecule has 1 aliphatic rings. The summed E-state index contributed by atoms with van der Waals surface area (Å²) >= 11 is 7.48. The molecule has 1 heterocycles. The summed E-state index contributed by atoms with van der Waals surface area (Å²) in [6.07, 6.45) is 1.02. The molecule has 0 saturated carbocycles. The van der Waals surface area contributed by atoms with E-state index in [2.05, 4.69) is 15.5 Å². The maximum Gasteiger partial charge on any atom is 0.230 e. The van der Waals surface area contributed by atoms with Crippen LogP contribution in [-0.4, -0.2) is 55.8 Å². The average molecular weight is 342 g/mol. The van der Waals surface area contributed by atoms with E-state index in [1.165, 1.54) is 5.56 Å². The van der Waals surface area contributed by atoms with Gasteiger partial charge in [0.05, 0.1) is 5.75 Å². The predicted molar refractivity (Wildman–Crippen MR) is 94.6 cm³/mol. The SMILES string of the molecule is O=C(CSCc1ccc(Cl)cc1)NCCCN1CCNCC1. The molecule has 0 spiro atoms. The Hall–Kier alpha value is -0.750. The van der Waals surface area contributed by atoms with E-state index < -0.39 is 0 Å². The molecular formula is C16H24ClN3OS. The van der Waals surface area contributed by atoms with E-state index in [9.17, 15) is 4.79 Å². The monoisotopic (exact) mass is 341 g/mol. The molecule has 0 unspecified atom stereocenters. The van der Waals surface area contributed by atoms with E-state index in [1.54, 1.807) is 11.8 Å². The number of thioether (sulfide) groups is 1. The normalized spacial score (nSPS) is 15.7. The van der Waals surface area contributed by atoms with Crippen molar-refractivity contribution in [3.05, 3.63) is 34.9 Å². The molecule has 1 fully saturated rings. The van der Waals surface area contributed by atoms with Crippen molar-refractivity contribution in [2.45, 2.75) is 12.2 Å². The van der Waals surface area contributed by atoms with Gasteiger partial charge in [0, 0.05) is 43.5 Å². The number of rotatable bonds is 8. The minimum Gasteiger partial charge on any atom is -0.355 e. The van der Waals surface area contributed by atoms with E-state index in [0.717, 1.165) is 56.5 Å². The lowest BCUT2D eigenvalue weighted by Crippen LogP contribution is -2.44. The number of hydrogen-bond donors (Lipinski definition) is 2. The highest BCUT2D eigenvalue weighted by Gasteiger charge is 2.08. The van der Waals surface area contributed by atoms with Gasteiger partial charge >= 0.3 is 0 Å². The number of nitrogens with zero attached hydrogens (tertiary/aromatic N) is 1. The average Bonchev–Trinajstić information content (AvgIpc) is 2.54. The fourth-order valence-corrected chi connectivity index (χ4v) is 3.30. The van der Waals surface area contributed by atoms with E-state index in [4.69, 9.17) is 11.6 Å². The van der Waals surface area contributed by atoms with Gasteiger partial charge in [-0.2, -0.15) is 0 Å². The van der Waals surface area contributed by atoms with Crippen molar-refractivity contribution in [3.8, 4) is 0 Å². The second kappa shape index (κ2) is 10.1. The van der Waals surface area contributed by atoms with Crippen molar-refractivity contribution in [2.75, 3.05) is 45.0 Å². The summed E-state index contributed by atoms with van der Waals surface area (Å²) in [7, 11) is 0. The molecule has 2 rings (SSSR count). The minimum absolute atomic E-state index is 0.124. The molecule has 0 atom stereocenters. The van der Waals surface area contributed by atoms with Gasteiger partial charge in [0.1, 0.15) is 0 Å². The Morgan fingerprint density at radius 1 is 1.27 bits per heavy atom. The largest absolute Gasteiger partial charge is 0.355 e. The van der Waals surface area contributed by atoms with Crippen LogP contribution in [0.3, 0.4) is 0 Å². The maximum atomic E-state index is 11.8. The Morgan fingerprint density at radius 2 is 2.00 bits per heavy atom. The molecule has 1 amide bonds. The van der Waals surface area contributed by atoms with Crippen molar-refractivity contribution in [1.82, 2.24) is 15.5 Å². The van der Waals surface area contributed by atoms with Crippen LogP contribution in [0.2, 0.25) is 5.02 Å². The number of hydrogen-bond acceptors (Lipinski definition) is 4. The molecule has 1 aliphatic heterocycles. The van der Waals surface area contributed by atoms with Gasteiger partial charge in [0.2, 0.25) is 5.91 Å². The maximum absolute atomic E-state index is 11.8. The molecule has 1 aromatic carbocycles. The second-order valence-electron chi connectivity index (χ2n) is 5.41. The number of piperazine rings is 1. The van der Waals surface area contributed by atoms with Crippen molar-refractivity contribution in [3.63, 3.8) is 0 Å². The third-order valence-corrected chi connectivity index (χ3v) is 4.85. The standard InChI is InChI=1S/C16H24ClN3OS/c17-15-4-2-14(3-5-15)12-22-13-16(21)19-6-1-9-20-10-7-18-8-11-20/h2-5,18H,1,6-13H2,(H,19,21). The first kappa shape index (κ1) is 17.6. The molecule has 6 heteroatoms. The topological polar surface area (TPSA) is 44.4 Å². The molecule has 1 aromatic rings. The van der Waals surface area contributed by atoms with Crippen LogP contribution in [0.1, 0.15) is 12.0 Å². The first-order chi connectivity index (χ1) is 10.7. The number of halogens is 1. The molecule has 0 aliphatic carbocycles. The van der Waals surface area contributed by atoms with E-state index in [0.29, 0.717) is 5.75 Å². The van der Waals surface area contributed by atoms with Crippen molar-refractivity contribution in [1.29, 1.82) is 0 Å². The van der Waals surface area contributed by atoms with E-state index >= 15 is 0 Å². The smallest absolute Gasteiger partial charge is 0.230 e. The van der Waals surface area contributed by atoms with Gasteiger partial charge in [-0.1, -0.05) is 23.7 Å². The number of benzene rings is 1. The summed E-state index contributed by atoms with van der Waals surface area (Å²) in [5.74, 6) is 1.47. The lowest BCUT2D eigenvalue weighted by atomic mass is 10.2. The predicted octanol–water partition coefficient (Wildman–Crippen LogP) is 1.98. The van der Waals surface area contributed by atoms with Gasteiger partial charge in [-0.15, -0.1) is 11.8 Å². The fraction of sp³-hybridized carbons (Fsp3) is 0.562. The summed E-state index contributed by atoms with van der Waals surface area (Å²) in [5, 5.41) is 7.08. The molecule has 22 heavy (non-hydrogen) atoms. The third kappa shape index (κ3) is 7.01. The zero-order valence-corrected chi connectivity index (χ0v) is 14.4. The highest BCUT2D eigenvalue weighted by atomic mass is 35.5. The van der Waals surface area contributed by atoms with Crippen LogP contribution >= 0.6 is 23.4 Å². The first-order valence-corrected chi connectivity index (χ1v) is 9.29. The Morgan fingerprint density at radius 3 is 2.73 bits per heavy atom. The van der Waals surface area contributed by atoms with Crippen LogP contribution in [0.15, 0.2) is 24.3 Å². The van der Waals surface area contributed by atoms with Gasteiger partial charge in [-0.25, -0.2) is 0 Å². The van der Waals surface area contributed by atoms with Crippen molar-refractivity contribution < 1.29 is 4.79 Å².